The number of halogens is 3. The van der Waals surface area contributed by atoms with Crippen LogP contribution < -0.4 is 5.32 Å². The van der Waals surface area contributed by atoms with Crippen molar-refractivity contribution in [3.8, 4) is 0 Å². The average molecular weight is 391 g/mol. The van der Waals surface area contributed by atoms with E-state index in [0.717, 1.165) is 35.2 Å². The summed E-state index contributed by atoms with van der Waals surface area (Å²) in [4.78, 5) is 0. The Hall–Kier alpha value is -0.550. The Bertz CT molecular complexity index is 613. The molecule has 0 fully saturated rings. The molecule has 21 heavy (non-hydrogen) atoms. The average Bonchev–Trinajstić information content (AvgIpc) is 2.81. The van der Waals surface area contributed by atoms with Crippen molar-refractivity contribution in [2.24, 2.45) is 0 Å². The highest BCUT2D eigenvalue weighted by molar-refractivity contribution is 9.10. The minimum absolute atomic E-state index is 0.0819. The number of hydrogen-bond donors (Lipinski definition) is 1. The molecule has 1 atom stereocenters. The number of nitrogens with zero attached hydrogens (tertiary/aromatic N) is 2. The summed E-state index contributed by atoms with van der Waals surface area (Å²) in [7, 11) is 0. The summed E-state index contributed by atoms with van der Waals surface area (Å²) in [5, 5.41) is 9.20. The molecule has 0 aliphatic heterocycles. The zero-order valence-corrected chi connectivity index (χ0v) is 15.1. The van der Waals surface area contributed by atoms with E-state index >= 15 is 0 Å². The Labute approximate surface area is 143 Å². The largest absolute Gasteiger partial charge is 0.305 e. The zero-order valence-electron chi connectivity index (χ0n) is 12.0. The van der Waals surface area contributed by atoms with Crippen LogP contribution in [0.5, 0.6) is 0 Å². The fourth-order valence-corrected chi connectivity index (χ4v) is 3.20. The second-order valence-electron chi connectivity index (χ2n) is 4.76. The summed E-state index contributed by atoms with van der Waals surface area (Å²) in [6, 6.07) is 5.76. The maximum atomic E-state index is 6.39. The third kappa shape index (κ3) is 3.81. The quantitative estimate of drug-likeness (QED) is 0.746. The topological polar surface area (TPSA) is 29.9 Å². The van der Waals surface area contributed by atoms with Gasteiger partial charge in [-0.1, -0.05) is 53.0 Å². The van der Waals surface area contributed by atoms with Crippen LogP contribution in [0.3, 0.4) is 0 Å². The van der Waals surface area contributed by atoms with E-state index in [-0.39, 0.29) is 6.04 Å². The summed E-state index contributed by atoms with van der Waals surface area (Å²) in [6.45, 7) is 5.82. The first-order valence-electron chi connectivity index (χ1n) is 6.98. The van der Waals surface area contributed by atoms with Crippen LogP contribution in [-0.4, -0.2) is 16.3 Å². The lowest BCUT2D eigenvalue weighted by Crippen LogP contribution is -2.25. The molecule has 0 amide bonds. The van der Waals surface area contributed by atoms with Gasteiger partial charge < -0.3 is 5.32 Å². The fraction of sp³-hybridized carbons (Fsp3) is 0.400. The summed E-state index contributed by atoms with van der Waals surface area (Å²) in [6.07, 6.45) is 2.69. The molecule has 114 valence electrons. The molecule has 0 aliphatic carbocycles. The van der Waals surface area contributed by atoms with Crippen LogP contribution in [0.4, 0.5) is 0 Å². The highest BCUT2D eigenvalue weighted by atomic mass is 79.9. The maximum Gasteiger partial charge on any atom is 0.0837 e. The highest BCUT2D eigenvalue weighted by Gasteiger charge is 2.23. The van der Waals surface area contributed by atoms with E-state index < -0.39 is 0 Å². The molecule has 2 rings (SSSR count). The van der Waals surface area contributed by atoms with E-state index in [1.165, 1.54) is 0 Å². The van der Waals surface area contributed by atoms with Gasteiger partial charge in [-0.3, -0.25) is 4.68 Å². The molecular formula is C15H18BrCl2N3. The second kappa shape index (κ2) is 7.63. The summed E-state index contributed by atoms with van der Waals surface area (Å²) in [5.41, 5.74) is 1.95. The molecule has 0 saturated heterocycles. The van der Waals surface area contributed by atoms with E-state index in [2.05, 4.69) is 40.2 Å². The molecule has 1 aromatic carbocycles. The zero-order chi connectivity index (χ0) is 15.4. The Balaban J connectivity index is 2.53. The van der Waals surface area contributed by atoms with Crippen LogP contribution in [0.1, 0.15) is 37.6 Å². The van der Waals surface area contributed by atoms with Crippen molar-refractivity contribution in [1.29, 1.82) is 0 Å². The third-order valence-corrected chi connectivity index (χ3v) is 4.35. The van der Waals surface area contributed by atoms with E-state index in [1.807, 2.05) is 22.9 Å². The molecule has 0 saturated carbocycles. The number of benzene rings is 1. The van der Waals surface area contributed by atoms with Gasteiger partial charge in [0, 0.05) is 16.0 Å². The van der Waals surface area contributed by atoms with Crippen molar-refractivity contribution >= 4 is 39.1 Å². The van der Waals surface area contributed by atoms with Gasteiger partial charge in [0.1, 0.15) is 0 Å². The normalized spacial score (nSPS) is 12.6. The Morgan fingerprint density at radius 1 is 1.29 bits per heavy atom. The third-order valence-electron chi connectivity index (χ3n) is 3.22. The van der Waals surface area contributed by atoms with Crippen LogP contribution in [-0.2, 0) is 6.54 Å². The molecular weight excluding hydrogens is 373 g/mol. The van der Waals surface area contributed by atoms with Gasteiger partial charge in [-0.05, 0) is 36.7 Å². The van der Waals surface area contributed by atoms with Gasteiger partial charge in [-0.25, -0.2) is 0 Å². The number of aryl methyl sites for hydroxylation is 1. The molecule has 0 bridgehead atoms. The van der Waals surface area contributed by atoms with Crippen LogP contribution in [0, 0.1) is 0 Å². The van der Waals surface area contributed by atoms with E-state index in [0.29, 0.717) is 10.0 Å². The Kier molecular flexibility index (Phi) is 6.11. The van der Waals surface area contributed by atoms with Gasteiger partial charge in [0.25, 0.3) is 0 Å². The van der Waals surface area contributed by atoms with Gasteiger partial charge in [0.2, 0.25) is 0 Å². The summed E-state index contributed by atoms with van der Waals surface area (Å²) < 4.78 is 2.94. The van der Waals surface area contributed by atoms with Crippen LogP contribution in [0.2, 0.25) is 10.0 Å². The summed E-state index contributed by atoms with van der Waals surface area (Å²) >= 11 is 16.3. The van der Waals surface area contributed by atoms with Crippen molar-refractivity contribution in [1.82, 2.24) is 15.1 Å². The number of hydrogen-bond acceptors (Lipinski definition) is 2. The van der Waals surface area contributed by atoms with Gasteiger partial charge in [0.15, 0.2) is 0 Å². The van der Waals surface area contributed by atoms with Gasteiger partial charge in [-0.2, -0.15) is 5.10 Å². The minimum Gasteiger partial charge on any atom is -0.305 e. The van der Waals surface area contributed by atoms with Gasteiger partial charge in [-0.15, -0.1) is 0 Å². The van der Waals surface area contributed by atoms with Crippen molar-refractivity contribution in [2.75, 3.05) is 6.54 Å². The molecule has 0 radical (unpaired) electrons. The predicted octanol–water partition coefficient (Wildman–Crippen LogP) is 5.06. The lowest BCUT2D eigenvalue weighted by molar-refractivity contribution is 0.520. The first-order valence-corrected chi connectivity index (χ1v) is 8.52. The predicted molar refractivity (Wildman–Crippen MR) is 92.2 cm³/mol. The number of rotatable bonds is 6. The van der Waals surface area contributed by atoms with E-state index in [9.17, 15) is 0 Å². The molecule has 6 heteroatoms. The van der Waals surface area contributed by atoms with Crippen LogP contribution in [0.15, 0.2) is 28.9 Å². The lowest BCUT2D eigenvalue weighted by atomic mass is 10.0. The Morgan fingerprint density at radius 2 is 2.05 bits per heavy atom. The van der Waals surface area contributed by atoms with Gasteiger partial charge >= 0.3 is 0 Å². The molecule has 1 unspecified atom stereocenters. The Morgan fingerprint density at radius 3 is 2.71 bits per heavy atom. The number of nitrogens with one attached hydrogen (secondary N) is 1. The molecule has 1 heterocycles. The first kappa shape index (κ1) is 16.8. The molecule has 0 spiro atoms. The van der Waals surface area contributed by atoms with Crippen molar-refractivity contribution in [2.45, 2.75) is 32.9 Å². The van der Waals surface area contributed by atoms with Crippen LogP contribution in [0.25, 0.3) is 0 Å². The standard InChI is InChI=1S/C15H18BrCl2N3/c1-3-7-21-15(13(18)9-20-21)14(19-4-2)11-8-10(16)5-6-12(11)17/h5-6,8-9,14,19H,3-4,7H2,1-2H3. The lowest BCUT2D eigenvalue weighted by Gasteiger charge is -2.22. The highest BCUT2D eigenvalue weighted by Crippen LogP contribution is 2.34. The monoisotopic (exact) mass is 389 g/mol. The second-order valence-corrected chi connectivity index (χ2v) is 6.49. The van der Waals surface area contributed by atoms with E-state index in [4.69, 9.17) is 23.2 Å². The molecule has 3 nitrogen and oxygen atoms in total. The molecule has 2 aromatic rings. The van der Waals surface area contributed by atoms with E-state index in [1.54, 1.807) is 6.20 Å². The minimum atomic E-state index is -0.0819. The van der Waals surface area contributed by atoms with Crippen molar-refractivity contribution in [3.05, 3.63) is 50.2 Å². The first-order chi connectivity index (χ1) is 10.1. The molecule has 1 aromatic heterocycles. The maximum absolute atomic E-state index is 6.39. The van der Waals surface area contributed by atoms with Gasteiger partial charge in [0.05, 0.1) is 23.0 Å². The number of aromatic nitrogens is 2. The van der Waals surface area contributed by atoms with Crippen LogP contribution >= 0.6 is 39.1 Å². The molecule has 0 aliphatic rings. The SMILES string of the molecule is CCCn1ncc(Cl)c1C(NCC)c1cc(Br)ccc1Cl. The van der Waals surface area contributed by atoms with Crippen molar-refractivity contribution < 1.29 is 0 Å². The summed E-state index contributed by atoms with van der Waals surface area (Å²) in [5.74, 6) is 0. The van der Waals surface area contributed by atoms with Crippen molar-refractivity contribution in [3.63, 3.8) is 0 Å². The molecule has 1 N–H and O–H groups in total. The smallest absolute Gasteiger partial charge is 0.0837 e. The fourth-order valence-electron chi connectivity index (χ4n) is 2.34.